The van der Waals surface area contributed by atoms with E-state index in [1.54, 1.807) is 0 Å². The van der Waals surface area contributed by atoms with E-state index in [1.165, 1.54) is 5.56 Å². The average Bonchev–Trinajstić information content (AvgIpc) is 2.41. The molecule has 0 saturated heterocycles. The van der Waals surface area contributed by atoms with Gasteiger partial charge < -0.3 is 15.2 Å². The van der Waals surface area contributed by atoms with Gasteiger partial charge in [-0.3, -0.25) is 0 Å². The van der Waals surface area contributed by atoms with Crippen LogP contribution in [0.1, 0.15) is 38.7 Å². The van der Waals surface area contributed by atoms with Crippen molar-refractivity contribution in [3.8, 4) is 11.5 Å². The smallest absolute Gasteiger partial charge is 0.161 e. The fourth-order valence-corrected chi connectivity index (χ4v) is 1.67. The van der Waals surface area contributed by atoms with Gasteiger partial charge >= 0.3 is 0 Å². The van der Waals surface area contributed by atoms with Gasteiger partial charge in [0.2, 0.25) is 0 Å². The molecule has 0 aliphatic carbocycles. The van der Waals surface area contributed by atoms with Gasteiger partial charge in [-0.25, -0.2) is 0 Å². The largest absolute Gasteiger partial charge is 0.490 e. The van der Waals surface area contributed by atoms with E-state index in [9.17, 15) is 0 Å². The van der Waals surface area contributed by atoms with Crippen LogP contribution < -0.4 is 15.2 Å². The minimum absolute atomic E-state index is 0.721. The molecule has 3 heteroatoms. The molecule has 3 nitrogen and oxygen atoms in total. The summed E-state index contributed by atoms with van der Waals surface area (Å²) in [5.41, 5.74) is 6.79. The molecule has 18 heavy (non-hydrogen) atoms. The number of aryl methyl sites for hydroxylation is 1. The Labute approximate surface area is 110 Å². The van der Waals surface area contributed by atoms with Crippen LogP contribution in [0.5, 0.6) is 11.5 Å². The summed E-state index contributed by atoms with van der Waals surface area (Å²) in [5.74, 6) is 1.71. The second-order valence-electron chi connectivity index (χ2n) is 4.37. The third kappa shape index (κ3) is 4.96. The Bertz CT molecular complexity index is 339. The van der Waals surface area contributed by atoms with E-state index in [-0.39, 0.29) is 0 Å². The molecule has 0 amide bonds. The summed E-state index contributed by atoms with van der Waals surface area (Å²) in [6.07, 6.45) is 4.00. The van der Waals surface area contributed by atoms with Crippen LogP contribution in [-0.2, 0) is 6.42 Å². The number of nitrogens with two attached hydrogens (primary N) is 1. The van der Waals surface area contributed by atoms with Crippen molar-refractivity contribution in [2.24, 2.45) is 5.73 Å². The molecule has 2 N–H and O–H groups in total. The first-order valence-electron chi connectivity index (χ1n) is 6.90. The maximum atomic E-state index is 5.75. The highest BCUT2D eigenvalue weighted by atomic mass is 16.5. The van der Waals surface area contributed by atoms with Crippen LogP contribution in [-0.4, -0.2) is 19.8 Å². The molecule has 1 aromatic carbocycles. The van der Waals surface area contributed by atoms with E-state index in [2.05, 4.69) is 26.0 Å². The summed E-state index contributed by atoms with van der Waals surface area (Å²) in [6.45, 7) is 6.37. The Morgan fingerprint density at radius 3 is 2.28 bits per heavy atom. The van der Waals surface area contributed by atoms with Crippen LogP contribution >= 0.6 is 0 Å². The molecule has 0 fully saturated rings. The van der Waals surface area contributed by atoms with E-state index < -0.39 is 0 Å². The van der Waals surface area contributed by atoms with Crippen molar-refractivity contribution in [3.63, 3.8) is 0 Å². The molecule has 0 aliphatic rings. The minimum Gasteiger partial charge on any atom is -0.490 e. The summed E-state index contributed by atoms with van der Waals surface area (Å²) >= 11 is 0. The molecule has 0 saturated carbocycles. The van der Waals surface area contributed by atoms with Crippen molar-refractivity contribution < 1.29 is 9.47 Å². The maximum Gasteiger partial charge on any atom is 0.161 e. The van der Waals surface area contributed by atoms with Crippen molar-refractivity contribution >= 4 is 0 Å². The molecule has 0 aliphatic heterocycles. The molecule has 1 rings (SSSR count). The van der Waals surface area contributed by atoms with E-state index >= 15 is 0 Å². The Kier molecular flexibility index (Phi) is 7.26. The molecule has 102 valence electrons. The highest BCUT2D eigenvalue weighted by Gasteiger charge is 2.06. The quantitative estimate of drug-likeness (QED) is 0.733. The Morgan fingerprint density at radius 1 is 1.00 bits per heavy atom. The van der Waals surface area contributed by atoms with Crippen LogP contribution in [0.4, 0.5) is 0 Å². The van der Waals surface area contributed by atoms with Gasteiger partial charge in [-0.05, 0) is 49.9 Å². The predicted octanol–water partition coefficient (Wildman–Crippen LogP) is 3.16. The van der Waals surface area contributed by atoms with E-state index in [1.807, 2.05) is 6.07 Å². The van der Waals surface area contributed by atoms with E-state index in [4.69, 9.17) is 15.2 Å². The van der Waals surface area contributed by atoms with Gasteiger partial charge in [-0.1, -0.05) is 19.9 Å². The normalized spacial score (nSPS) is 10.4. The molecule has 0 spiro atoms. The molecule has 0 unspecified atom stereocenters. The summed E-state index contributed by atoms with van der Waals surface area (Å²) in [6, 6.07) is 6.18. The van der Waals surface area contributed by atoms with Crippen molar-refractivity contribution in [3.05, 3.63) is 23.8 Å². The highest BCUT2D eigenvalue weighted by Crippen LogP contribution is 2.29. The highest BCUT2D eigenvalue weighted by molar-refractivity contribution is 5.43. The Hall–Kier alpha value is -1.22. The molecule has 0 aromatic heterocycles. The topological polar surface area (TPSA) is 44.5 Å². The first-order valence-corrected chi connectivity index (χ1v) is 6.90. The molecule has 0 atom stereocenters. The molecular formula is C15H25NO2. The van der Waals surface area contributed by atoms with Crippen molar-refractivity contribution in [1.82, 2.24) is 0 Å². The van der Waals surface area contributed by atoms with E-state index in [0.29, 0.717) is 0 Å². The van der Waals surface area contributed by atoms with Crippen molar-refractivity contribution in [2.45, 2.75) is 39.5 Å². The van der Waals surface area contributed by atoms with Gasteiger partial charge in [0, 0.05) is 0 Å². The molecule has 1 aromatic rings. The summed E-state index contributed by atoms with van der Waals surface area (Å²) in [7, 11) is 0. The van der Waals surface area contributed by atoms with Gasteiger partial charge in [0.15, 0.2) is 11.5 Å². The second-order valence-corrected chi connectivity index (χ2v) is 4.37. The lowest BCUT2D eigenvalue weighted by Crippen LogP contribution is -2.03. The van der Waals surface area contributed by atoms with Gasteiger partial charge in [0.25, 0.3) is 0 Å². The van der Waals surface area contributed by atoms with Gasteiger partial charge in [0.05, 0.1) is 13.2 Å². The average molecular weight is 251 g/mol. The van der Waals surface area contributed by atoms with Gasteiger partial charge in [-0.2, -0.15) is 0 Å². The lowest BCUT2D eigenvalue weighted by molar-refractivity contribution is 0.268. The fraction of sp³-hybridized carbons (Fsp3) is 0.600. The first kappa shape index (κ1) is 14.8. The first-order chi connectivity index (χ1) is 8.81. The molecule has 0 heterocycles. The molecule has 0 bridgehead atoms. The summed E-state index contributed by atoms with van der Waals surface area (Å²) < 4.78 is 11.4. The summed E-state index contributed by atoms with van der Waals surface area (Å²) in [4.78, 5) is 0. The van der Waals surface area contributed by atoms with Gasteiger partial charge in [0.1, 0.15) is 0 Å². The number of hydrogen-bond acceptors (Lipinski definition) is 3. The molecule has 0 radical (unpaired) electrons. The fourth-order valence-electron chi connectivity index (χ4n) is 1.67. The van der Waals surface area contributed by atoms with Crippen LogP contribution in [0.2, 0.25) is 0 Å². The summed E-state index contributed by atoms with van der Waals surface area (Å²) in [5, 5.41) is 0. The van der Waals surface area contributed by atoms with Crippen LogP contribution in [0.3, 0.4) is 0 Å². The molecular weight excluding hydrogens is 226 g/mol. The standard InChI is InChI=1S/C15H25NO2/c1-3-10-17-14-8-7-13(6-5-9-16)12-15(14)18-11-4-2/h7-8,12H,3-6,9-11,16H2,1-2H3. The SMILES string of the molecule is CCCOc1ccc(CCCN)cc1OCCC. The third-order valence-electron chi connectivity index (χ3n) is 2.60. The van der Waals surface area contributed by atoms with Crippen molar-refractivity contribution in [1.29, 1.82) is 0 Å². The zero-order valence-corrected chi connectivity index (χ0v) is 11.6. The number of rotatable bonds is 9. The second kappa shape index (κ2) is 8.81. The lowest BCUT2D eigenvalue weighted by atomic mass is 10.1. The van der Waals surface area contributed by atoms with Crippen LogP contribution in [0.25, 0.3) is 0 Å². The zero-order valence-electron chi connectivity index (χ0n) is 11.6. The third-order valence-corrected chi connectivity index (χ3v) is 2.60. The zero-order chi connectivity index (χ0) is 13.2. The van der Waals surface area contributed by atoms with Crippen LogP contribution in [0, 0.1) is 0 Å². The van der Waals surface area contributed by atoms with E-state index in [0.717, 1.165) is 56.9 Å². The lowest BCUT2D eigenvalue weighted by Gasteiger charge is -2.13. The van der Waals surface area contributed by atoms with Gasteiger partial charge in [-0.15, -0.1) is 0 Å². The van der Waals surface area contributed by atoms with Crippen molar-refractivity contribution in [2.75, 3.05) is 19.8 Å². The monoisotopic (exact) mass is 251 g/mol. The maximum absolute atomic E-state index is 5.75. The minimum atomic E-state index is 0.721. The predicted molar refractivity (Wildman–Crippen MR) is 75.4 cm³/mol. The number of ether oxygens (including phenoxy) is 2. The number of benzene rings is 1. The Morgan fingerprint density at radius 2 is 1.67 bits per heavy atom. The number of hydrogen-bond donors (Lipinski definition) is 1. The van der Waals surface area contributed by atoms with Crippen LogP contribution in [0.15, 0.2) is 18.2 Å². The Balaban J connectivity index is 2.74.